The van der Waals surface area contributed by atoms with Crippen molar-refractivity contribution in [3.63, 3.8) is 0 Å². The Morgan fingerprint density at radius 2 is 1.72 bits per heavy atom. The average Bonchev–Trinajstić information content (AvgIpc) is 3.56. The first-order valence-corrected chi connectivity index (χ1v) is 12.2. The van der Waals surface area contributed by atoms with Gasteiger partial charge in [-0.2, -0.15) is 5.10 Å². The summed E-state index contributed by atoms with van der Waals surface area (Å²) in [5.74, 6) is 0.761. The van der Waals surface area contributed by atoms with Crippen molar-refractivity contribution in [1.29, 1.82) is 0 Å². The molecule has 0 aliphatic carbocycles. The summed E-state index contributed by atoms with van der Waals surface area (Å²) >= 11 is 0. The number of aryl methyl sites for hydroxylation is 1. The molecule has 0 N–H and O–H groups in total. The molecule has 36 heavy (non-hydrogen) atoms. The number of benzene rings is 2. The summed E-state index contributed by atoms with van der Waals surface area (Å²) in [6.45, 7) is 3.92. The second-order valence-electron chi connectivity index (χ2n) is 8.93. The molecule has 0 spiro atoms. The minimum absolute atomic E-state index is 0.00162. The van der Waals surface area contributed by atoms with E-state index in [1.54, 1.807) is 11.8 Å². The third-order valence-corrected chi connectivity index (χ3v) is 6.58. The number of hydrogen-bond donors (Lipinski definition) is 0. The zero-order valence-electron chi connectivity index (χ0n) is 20.7. The monoisotopic (exact) mass is 481 g/mol. The Balaban J connectivity index is 1.32. The third-order valence-electron chi connectivity index (χ3n) is 6.58. The average molecular weight is 482 g/mol. The Hall–Kier alpha value is -4.10. The highest BCUT2D eigenvalue weighted by atomic mass is 16.5. The molecule has 0 radical (unpaired) electrons. The quantitative estimate of drug-likeness (QED) is 0.394. The molecule has 7 nitrogen and oxygen atoms in total. The molecule has 2 aromatic heterocycles. The maximum absolute atomic E-state index is 13.7. The summed E-state index contributed by atoms with van der Waals surface area (Å²) < 4.78 is 9.06. The Morgan fingerprint density at radius 1 is 0.972 bits per heavy atom. The fourth-order valence-electron chi connectivity index (χ4n) is 4.50. The van der Waals surface area contributed by atoms with E-state index in [9.17, 15) is 4.79 Å². The van der Waals surface area contributed by atoms with E-state index in [1.807, 2.05) is 83.4 Å². The number of methoxy groups -OCH3 is 1. The molecule has 1 saturated heterocycles. The molecule has 2 aromatic carbocycles. The minimum atomic E-state index is -0.00162. The first-order chi connectivity index (χ1) is 17.6. The highest BCUT2D eigenvalue weighted by molar-refractivity contribution is 5.94. The van der Waals surface area contributed by atoms with Gasteiger partial charge in [0.15, 0.2) is 0 Å². The SMILES string of the molecule is COc1ccc(-n2nc(-c3cccn3C)cc2C(=O)N2CCN(CC=Cc3ccccc3)CC2)cc1. The summed E-state index contributed by atoms with van der Waals surface area (Å²) in [6.07, 6.45) is 6.32. The maximum atomic E-state index is 13.7. The lowest BCUT2D eigenvalue weighted by Crippen LogP contribution is -2.49. The van der Waals surface area contributed by atoms with E-state index < -0.39 is 0 Å². The molecule has 0 saturated carbocycles. The Labute approximate surface area is 211 Å². The molecule has 0 unspecified atom stereocenters. The minimum Gasteiger partial charge on any atom is -0.497 e. The molecule has 0 bridgehead atoms. The second kappa shape index (κ2) is 10.7. The van der Waals surface area contributed by atoms with Crippen LogP contribution in [0.15, 0.2) is 85.1 Å². The Kier molecular flexibility index (Phi) is 7.00. The van der Waals surface area contributed by atoms with Crippen LogP contribution in [0.25, 0.3) is 23.2 Å². The van der Waals surface area contributed by atoms with Crippen LogP contribution in [0, 0.1) is 0 Å². The highest BCUT2D eigenvalue weighted by Gasteiger charge is 2.26. The van der Waals surface area contributed by atoms with Gasteiger partial charge in [0.05, 0.1) is 18.5 Å². The van der Waals surface area contributed by atoms with Gasteiger partial charge in [0.1, 0.15) is 17.1 Å². The number of hydrogen-bond acceptors (Lipinski definition) is 4. The lowest BCUT2D eigenvalue weighted by atomic mass is 10.2. The van der Waals surface area contributed by atoms with Crippen LogP contribution in [-0.2, 0) is 7.05 Å². The van der Waals surface area contributed by atoms with Crippen molar-refractivity contribution in [3.05, 3.63) is 96.3 Å². The summed E-state index contributed by atoms with van der Waals surface area (Å²) in [6, 6.07) is 23.8. The molecule has 1 aliphatic heterocycles. The van der Waals surface area contributed by atoms with Crippen LogP contribution in [0.4, 0.5) is 0 Å². The van der Waals surface area contributed by atoms with Crippen molar-refractivity contribution < 1.29 is 9.53 Å². The van der Waals surface area contributed by atoms with Crippen molar-refractivity contribution in [2.45, 2.75) is 0 Å². The van der Waals surface area contributed by atoms with Gasteiger partial charge in [0.25, 0.3) is 5.91 Å². The summed E-state index contributed by atoms with van der Waals surface area (Å²) in [4.78, 5) is 18.0. The number of carbonyl (C=O) groups is 1. The molecular weight excluding hydrogens is 450 g/mol. The topological polar surface area (TPSA) is 55.5 Å². The molecule has 5 rings (SSSR count). The number of piperazine rings is 1. The van der Waals surface area contributed by atoms with Gasteiger partial charge in [0, 0.05) is 46.0 Å². The van der Waals surface area contributed by atoms with Gasteiger partial charge >= 0.3 is 0 Å². The van der Waals surface area contributed by atoms with Gasteiger partial charge < -0.3 is 14.2 Å². The molecule has 3 heterocycles. The fraction of sp³-hybridized carbons (Fsp3) is 0.241. The molecule has 7 heteroatoms. The molecule has 0 atom stereocenters. The smallest absolute Gasteiger partial charge is 0.272 e. The fourth-order valence-corrected chi connectivity index (χ4v) is 4.50. The van der Waals surface area contributed by atoms with Gasteiger partial charge in [-0.25, -0.2) is 4.68 Å². The van der Waals surface area contributed by atoms with Crippen LogP contribution >= 0.6 is 0 Å². The van der Waals surface area contributed by atoms with E-state index >= 15 is 0 Å². The van der Waals surface area contributed by atoms with Crippen molar-refractivity contribution in [3.8, 4) is 22.8 Å². The predicted molar refractivity (Wildman–Crippen MR) is 142 cm³/mol. The van der Waals surface area contributed by atoms with Crippen LogP contribution in [-0.4, -0.2) is 69.9 Å². The summed E-state index contributed by atoms with van der Waals surface area (Å²) in [5, 5.41) is 4.83. The van der Waals surface area contributed by atoms with Gasteiger partial charge in [-0.05, 0) is 48.0 Å². The molecule has 184 valence electrons. The molecule has 1 aliphatic rings. The number of rotatable bonds is 7. The third kappa shape index (κ3) is 5.11. The molecule has 1 amide bonds. The van der Waals surface area contributed by atoms with E-state index in [4.69, 9.17) is 9.84 Å². The van der Waals surface area contributed by atoms with Gasteiger partial charge in [-0.15, -0.1) is 0 Å². The Bertz CT molecular complexity index is 1330. The van der Waals surface area contributed by atoms with Crippen LogP contribution < -0.4 is 4.74 Å². The number of ether oxygens (including phenoxy) is 1. The molecular formula is C29H31N5O2. The van der Waals surface area contributed by atoms with Crippen LogP contribution in [0.2, 0.25) is 0 Å². The van der Waals surface area contributed by atoms with Crippen molar-refractivity contribution >= 4 is 12.0 Å². The van der Waals surface area contributed by atoms with Gasteiger partial charge in [0.2, 0.25) is 0 Å². The molecule has 4 aromatic rings. The zero-order valence-corrected chi connectivity index (χ0v) is 20.7. The highest BCUT2D eigenvalue weighted by Crippen LogP contribution is 2.24. The first-order valence-electron chi connectivity index (χ1n) is 12.2. The number of aromatic nitrogens is 3. The van der Waals surface area contributed by atoms with E-state index in [0.29, 0.717) is 18.8 Å². The van der Waals surface area contributed by atoms with Crippen LogP contribution in [0.3, 0.4) is 0 Å². The summed E-state index contributed by atoms with van der Waals surface area (Å²) in [5.41, 5.74) is 4.32. The lowest BCUT2D eigenvalue weighted by molar-refractivity contribution is 0.0641. The summed E-state index contributed by atoms with van der Waals surface area (Å²) in [7, 11) is 3.62. The standard InChI is InChI=1S/C29H31N5O2/c1-31-16-7-11-27(31)26-22-28(34(30-26)24-12-14-25(36-2)15-13-24)29(35)33-20-18-32(19-21-33)17-6-10-23-8-4-3-5-9-23/h3-16,22H,17-21H2,1-2H3. The van der Waals surface area contributed by atoms with Crippen LogP contribution in [0.5, 0.6) is 5.75 Å². The predicted octanol–water partition coefficient (Wildman–Crippen LogP) is 4.36. The number of nitrogens with zero attached hydrogens (tertiary/aromatic N) is 5. The van der Waals surface area contributed by atoms with Crippen LogP contribution in [0.1, 0.15) is 16.1 Å². The van der Waals surface area contributed by atoms with Gasteiger partial charge in [-0.1, -0.05) is 42.5 Å². The number of carbonyl (C=O) groups excluding carboxylic acids is 1. The van der Waals surface area contributed by atoms with E-state index in [-0.39, 0.29) is 5.91 Å². The lowest BCUT2D eigenvalue weighted by Gasteiger charge is -2.34. The van der Waals surface area contributed by atoms with Crippen molar-refractivity contribution in [2.24, 2.45) is 7.05 Å². The van der Waals surface area contributed by atoms with Crippen molar-refractivity contribution in [1.82, 2.24) is 24.1 Å². The maximum Gasteiger partial charge on any atom is 0.272 e. The second-order valence-corrected chi connectivity index (χ2v) is 8.93. The van der Waals surface area contributed by atoms with E-state index in [0.717, 1.165) is 42.5 Å². The normalized spacial score (nSPS) is 14.4. The van der Waals surface area contributed by atoms with Crippen molar-refractivity contribution in [2.75, 3.05) is 39.8 Å². The molecule has 1 fully saturated rings. The largest absolute Gasteiger partial charge is 0.497 e. The first kappa shape index (κ1) is 23.6. The zero-order chi connectivity index (χ0) is 24.9. The van der Waals surface area contributed by atoms with E-state index in [2.05, 4.69) is 29.2 Å². The number of amides is 1. The Morgan fingerprint density at radius 3 is 2.39 bits per heavy atom. The van der Waals surface area contributed by atoms with E-state index in [1.165, 1.54) is 5.56 Å². The van der Waals surface area contributed by atoms with Gasteiger partial charge in [-0.3, -0.25) is 9.69 Å².